The lowest BCUT2D eigenvalue weighted by Crippen LogP contribution is -2.38. The van der Waals surface area contributed by atoms with Gasteiger partial charge in [0.25, 0.3) is 0 Å². The van der Waals surface area contributed by atoms with Gasteiger partial charge in [-0.2, -0.15) is 0 Å². The second kappa shape index (κ2) is 5.89. The van der Waals surface area contributed by atoms with Crippen LogP contribution in [0.25, 0.3) is 0 Å². The van der Waals surface area contributed by atoms with Crippen LogP contribution in [0, 0.1) is 0 Å². The molecule has 0 spiro atoms. The number of benzene rings is 2. The highest BCUT2D eigenvalue weighted by Gasteiger charge is 2.36. The maximum atomic E-state index is 13.0. The standard InChI is InChI=1S/C17H14N4OS/c22-15(13-9-5-2-6-10-13)16-14(12-7-3-1-4-8-12)20-21-11-18-19-17(21)23-16/h1-11,14,16,20H/t14-,16+/m1/s1. The molecule has 3 aromatic rings. The Morgan fingerprint density at radius 1 is 1.04 bits per heavy atom. The number of hydrogen-bond donors (Lipinski definition) is 1. The highest BCUT2D eigenvalue weighted by molar-refractivity contribution is 8.00. The molecule has 2 heterocycles. The first-order valence-electron chi connectivity index (χ1n) is 7.30. The Morgan fingerprint density at radius 2 is 1.74 bits per heavy atom. The zero-order valence-electron chi connectivity index (χ0n) is 12.2. The molecule has 0 amide bonds. The summed E-state index contributed by atoms with van der Waals surface area (Å²) in [5.41, 5.74) is 5.12. The molecule has 0 saturated carbocycles. The van der Waals surface area contributed by atoms with Gasteiger partial charge in [-0.1, -0.05) is 72.4 Å². The smallest absolute Gasteiger partial charge is 0.210 e. The topological polar surface area (TPSA) is 59.8 Å². The minimum absolute atomic E-state index is 0.0891. The van der Waals surface area contributed by atoms with E-state index in [9.17, 15) is 4.79 Å². The summed E-state index contributed by atoms with van der Waals surface area (Å²) in [5, 5.41) is 8.39. The van der Waals surface area contributed by atoms with E-state index in [-0.39, 0.29) is 17.1 Å². The van der Waals surface area contributed by atoms with E-state index in [1.165, 1.54) is 11.8 Å². The first-order chi connectivity index (χ1) is 11.3. The van der Waals surface area contributed by atoms with Crippen molar-refractivity contribution in [1.29, 1.82) is 0 Å². The van der Waals surface area contributed by atoms with Crippen LogP contribution in [0.1, 0.15) is 22.0 Å². The van der Waals surface area contributed by atoms with Crippen LogP contribution >= 0.6 is 11.8 Å². The molecule has 0 bridgehead atoms. The predicted molar refractivity (Wildman–Crippen MR) is 89.0 cm³/mol. The van der Waals surface area contributed by atoms with E-state index in [2.05, 4.69) is 15.6 Å². The number of aromatic nitrogens is 3. The molecule has 1 N–H and O–H groups in total. The van der Waals surface area contributed by atoms with Gasteiger partial charge >= 0.3 is 0 Å². The van der Waals surface area contributed by atoms with Crippen LogP contribution in [-0.2, 0) is 0 Å². The molecule has 1 aromatic heterocycles. The van der Waals surface area contributed by atoms with Gasteiger partial charge in [-0.3, -0.25) is 4.79 Å². The van der Waals surface area contributed by atoms with Crippen molar-refractivity contribution in [3.05, 3.63) is 78.1 Å². The minimum Gasteiger partial charge on any atom is -0.313 e. The zero-order chi connectivity index (χ0) is 15.6. The quantitative estimate of drug-likeness (QED) is 0.751. The van der Waals surface area contributed by atoms with E-state index in [1.807, 2.05) is 60.7 Å². The Hall–Kier alpha value is -2.60. The fourth-order valence-corrected chi connectivity index (χ4v) is 3.81. The number of thioether (sulfide) groups is 1. The van der Waals surface area contributed by atoms with E-state index < -0.39 is 0 Å². The molecule has 1 aliphatic heterocycles. The van der Waals surface area contributed by atoms with Crippen molar-refractivity contribution in [1.82, 2.24) is 14.9 Å². The molecule has 0 unspecified atom stereocenters. The predicted octanol–water partition coefficient (Wildman–Crippen LogP) is 2.92. The lowest BCUT2D eigenvalue weighted by atomic mass is 9.97. The van der Waals surface area contributed by atoms with Crippen molar-refractivity contribution in [2.24, 2.45) is 0 Å². The molecule has 114 valence electrons. The molecule has 1 aliphatic rings. The summed E-state index contributed by atoms with van der Waals surface area (Å²) < 4.78 is 1.77. The van der Waals surface area contributed by atoms with Gasteiger partial charge in [0.05, 0.1) is 6.04 Å². The molecule has 0 fully saturated rings. The highest BCUT2D eigenvalue weighted by Crippen LogP contribution is 2.37. The summed E-state index contributed by atoms with van der Waals surface area (Å²) in [4.78, 5) is 13.0. The van der Waals surface area contributed by atoms with Crippen molar-refractivity contribution in [2.45, 2.75) is 16.4 Å². The Balaban J connectivity index is 1.74. The first kappa shape index (κ1) is 14.0. The average molecular weight is 322 g/mol. The van der Waals surface area contributed by atoms with Gasteiger partial charge < -0.3 is 5.43 Å². The van der Waals surface area contributed by atoms with E-state index >= 15 is 0 Å². The summed E-state index contributed by atoms with van der Waals surface area (Å²) in [6.45, 7) is 0. The van der Waals surface area contributed by atoms with Crippen LogP contribution in [0.3, 0.4) is 0 Å². The number of carbonyl (C=O) groups is 1. The van der Waals surface area contributed by atoms with Crippen LogP contribution in [0.5, 0.6) is 0 Å². The van der Waals surface area contributed by atoms with E-state index in [1.54, 1.807) is 11.0 Å². The third kappa shape index (κ3) is 2.61. The second-order valence-electron chi connectivity index (χ2n) is 5.27. The highest BCUT2D eigenvalue weighted by atomic mass is 32.2. The number of hydrogen-bond acceptors (Lipinski definition) is 5. The van der Waals surface area contributed by atoms with Crippen molar-refractivity contribution in [2.75, 3.05) is 5.43 Å². The van der Waals surface area contributed by atoms with Gasteiger partial charge in [0.1, 0.15) is 11.6 Å². The van der Waals surface area contributed by atoms with Crippen molar-refractivity contribution < 1.29 is 4.79 Å². The van der Waals surface area contributed by atoms with Gasteiger partial charge in [-0.25, -0.2) is 4.68 Å². The number of fused-ring (bicyclic) bond motifs is 1. The van der Waals surface area contributed by atoms with Crippen LogP contribution < -0.4 is 5.43 Å². The van der Waals surface area contributed by atoms with Gasteiger partial charge in [0.15, 0.2) is 5.78 Å². The summed E-state index contributed by atoms with van der Waals surface area (Å²) in [6.07, 6.45) is 1.63. The number of carbonyl (C=O) groups excluding carboxylic acids is 1. The molecule has 6 heteroatoms. The molecule has 23 heavy (non-hydrogen) atoms. The molecule has 2 aromatic carbocycles. The van der Waals surface area contributed by atoms with Gasteiger partial charge in [0, 0.05) is 5.56 Å². The number of nitrogens with one attached hydrogen (secondary N) is 1. The lowest BCUT2D eigenvalue weighted by Gasteiger charge is -2.32. The first-order valence-corrected chi connectivity index (χ1v) is 8.18. The molecule has 4 rings (SSSR count). The molecule has 5 nitrogen and oxygen atoms in total. The van der Waals surface area contributed by atoms with E-state index in [4.69, 9.17) is 0 Å². The van der Waals surface area contributed by atoms with Gasteiger partial charge in [-0.05, 0) is 5.56 Å². The number of Topliss-reactive ketones (excluding diaryl/α,β-unsaturated/α-hetero) is 1. The van der Waals surface area contributed by atoms with Crippen LogP contribution in [0.15, 0.2) is 72.1 Å². The number of rotatable bonds is 3. The normalized spacial score (nSPS) is 19.7. The summed E-state index contributed by atoms with van der Waals surface area (Å²) in [7, 11) is 0. The lowest BCUT2D eigenvalue weighted by molar-refractivity contribution is 0.0980. The number of nitrogens with zero attached hydrogens (tertiary/aromatic N) is 3. The minimum atomic E-state index is -0.295. The van der Waals surface area contributed by atoms with Crippen LogP contribution in [0.4, 0.5) is 0 Å². The SMILES string of the molecule is O=C(c1ccccc1)[C@H]1Sc2nncn2N[C@@H]1c1ccccc1. The summed E-state index contributed by atoms with van der Waals surface area (Å²) >= 11 is 1.45. The van der Waals surface area contributed by atoms with Gasteiger partial charge in [0.2, 0.25) is 5.16 Å². The van der Waals surface area contributed by atoms with Crippen molar-refractivity contribution >= 4 is 17.5 Å². The maximum Gasteiger partial charge on any atom is 0.210 e. The van der Waals surface area contributed by atoms with Crippen LogP contribution in [-0.4, -0.2) is 25.9 Å². The molecule has 0 aliphatic carbocycles. The molecular weight excluding hydrogens is 308 g/mol. The summed E-state index contributed by atoms with van der Waals surface area (Å²) in [6, 6.07) is 19.2. The Bertz CT molecular complexity index is 819. The Kier molecular flexibility index (Phi) is 3.59. The third-order valence-electron chi connectivity index (χ3n) is 3.81. The Labute approximate surface area is 137 Å². The largest absolute Gasteiger partial charge is 0.313 e. The fraction of sp³-hybridized carbons (Fsp3) is 0.118. The monoisotopic (exact) mass is 322 g/mol. The average Bonchev–Trinajstić information content (AvgIpc) is 3.09. The molecule has 2 atom stereocenters. The fourth-order valence-electron chi connectivity index (χ4n) is 2.67. The zero-order valence-corrected chi connectivity index (χ0v) is 13.0. The van der Waals surface area contributed by atoms with Crippen LogP contribution in [0.2, 0.25) is 0 Å². The molecular formula is C17H14N4OS. The van der Waals surface area contributed by atoms with E-state index in [0.29, 0.717) is 10.7 Å². The van der Waals surface area contributed by atoms with E-state index in [0.717, 1.165) is 5.56 Å². The second-order valence-corrected chi connectivity index (χ2v) is 6.38. The Morgan fingerprint density at radius 3 is 2.48 bits per heavy atom. The number of ketones is 1. The molecule has 0 radical (unpaired) electrons. The third-order valence-corrected chi connectivity index (χ3v) is 5.03. The van der Waals surface area contributed by atoms with Crippen molar-refractivity contribution in [3.63, 3.8) is 0 Å². The molecule has 0 saturated heterocycles. The maximum absolute atomic E-state index is 13.0. The van der Waals surface area contributed by atoms with Crippen molar-refractivity contribution in [3.8, 4) is 0 Å². The summed E-state index contributed by atoms with van der Waals surface area (Å²) in [5.74, 6) is 0.0891. The van der Waals surface area contributed by atoms with Gasteiger partial charge in [-0.15, -0.1) is 10.2 Å².